The summed E-state index contributed by atoms with van der Waals surface area (Å²) in [4.78, 5) is 7.87. The van der Waals surface area contributed by atoms with Crippen molar-refractivity contribution >= 4 is 20.9 Å². The van der Waals surface area contributed by atoms with Crippen LogP contribution in [0.15, 0.2) is 53.6 Å². The molecule has 4 rings (SSSR count). The first-order valence-electron chi connectivity index (χ1n) is 9.33. The molecule has 5 nitrogen and oxygen atoms in total. The molecule has 1 fully saturated rings. The molecule has 1 aromatic carbocycles. The Morgan fingerprint density at radius 1 is 1.19 bits per heavy atom. The van der Waals surface area contributed by atoms with Crippen LogP contribution in [0.3, 0.4) is 0 Å². The van der Waals surface area contributed by atoms with Crippen molar-refractivity contribution in [3.05, 3.63) is 59.9 Å². The van der Waals surface area contributed by atoms with Crippen molar-refractivity contribution in [1.82, 2.24) is 9.97 Å². The van der Waals surface area contributed by atoms with Crippen LogP contribution in [-0.4, -0.2) is 29.7 Å². The molecule has 1 unspecified atom stereocenters. The molecule has 0 amide bonds. The van der Waals surface area contributed by atoms with Gasteiger partial charge in [-0.25, -0.2) is 13.4 Å². The van der Waals surface area contributed by atoms with Gasteiger partial charge < -0.3 is 10.1 Å². The van der Waals surface area contributed by atoms with Gasteiger partial charge in [0.15, 0.2) is 9.84 Å². The summed E-state index contributed by atoms with van der Waals surface area (Å²) in [6.07, 6.45) is 8.14. The zero-order valence-corrected chi connectivity index (χ0v) is 16.2. The molecule has 0 aliphatic heterocycles. The lowest BCUT2D eigenvalue weighted by molar-refractivity contribution is 0.0494. The third kappa shape index (κ3) is 3.51. The number of H-pyrrole nitrogens is 1. The van der Waals surface area contributed by atoms with E-state index in [0.29, 0.717) is 23.6 Å². The van der Waals surface area contributed by atoms with Crippen LogP contribution in [0.2, 0.25) is 0 Å². The first-order chi connectivity index (χ1) is 12.9. The normalized spacial score (nSPS) is 18.0. The fraction of sp³-hybridized carbons (Fsp3) is 0.381. The third-order valence-electron chi connectivity index (χ3n) is 5.66. The van der Waals surface area contributed by atoms with E-state index in [1.807, 2.05) is 18.2 Å². The topological polar surface area (TPSA) is 83.1 Å². The molecule has 2 aromatic heterocycles. The maximum absolute atomic E-state index is 11.8. The Morgan fingerprint density at radius 2 is 1.89 bits per heavy atom. The van der Waals surface area contributed by atoms with Crippen LogP contribution in [-0.2, 0) is 15.4 Å². The average Bonchev–Trinajstić information content (AvgIpc) is 3.30. The predicted octanol–water partition coefficient (Wildman–Crippen LogP) is 3.78. The fourth-order valence-electron chi connectivity index (χ4n) is 4.17. The third-order valence-corrected chi connectivity index (χ3v) is 6.78. The number of aromatic amines is 1. The van der Waals surface area contributed by atoms with E-state index in [4.69, 9.17) is 0 Å². The van der Waals surface area contributed by atoms with Crippen LogP contribution >= 0.6 is 0 Å². The molecule has 0 radical (unpaired) electrons. The number of benzene rings is 1. The lowest BCUT2D eigenvalue weighted by Crippen LogP contribution is -2.30. The average molecular weight is 385 g/mol. The molecule has 3 aromatic rings. The zero-order chi connectivity index (χ0) is 19.1. The summed E-state index contributed by atoms with van der Waals surface area (Å²) in [5.41, 5.74) is 0.944. The molecule has 1 atom stereocenters. The second-order valence-corrected chi connectivity index (χ2v) is 9.65. The second kappa shape index (κ2) is 6.77. The number of aromatic nitrogens is 2. The largest absolute Gasteiger partial charge is 0.379 e. The van der Waals surface area contributed by atoms with Crippen molar-refractivity contribution in [3.8, 4) is 0 Å². The van der Waals surface area contributed by atoms with E-state index in [9.17, 15) is 13.5 Å². The molecule has 0 bridgehead atoms. The SMILES string of the molecule is CS(=O)(=O)c1ccc(C(O)(CC2CCCC2)c2cc3cccnc3[nH]2)cc1. The number of nitrogens with one attached hydrogen (secondary N) is 1. The van der Waals surface area contributed by atoms with Gasteiger partial charge in [0.1, 0.15) is 11.2 Å². The quantitative estimate of drug-likeness (QED) is 0.701. The lowest BCUT2D eigenvalue weighted by Gasteiger charge is -2.31. The number of sulfone groups is 1. The molecule has 0 saturated heterocycles. The van der Waals surface area contributed by atoms with Crippen LogP contribution in [0.5, 0.6) is 0 Å². The summed E-state index contributed by atoms with van der Waals surface area (Å²) >= 11 is 0. The van der Waals surface area contributed by atoms with E-state index in [-0.39, 0.29) is 4.90 Å². The smallest absolute Gasteiger partial charge is 0.175 e. The van der Waals surface area contributed by atoms with Crippen molar-refractivity contribution in [1.29, 1.82) is 0 Å². The van der Waals surface area contributed by atoms with Crippen LogP contribution < -0.4 is 0 Å². The first-order valence-corrected chi connectivity index (χ1v) is 11.2. The highest BCUT2D eigenvalue weighted by Crippen LogP contribution is 2.41. The van der Waals surface area contributed by atoms with Crippen LogP contribution in [0.4, 0.5) is 0 Å². The monoisotopic (exact) mass is 384 g/mol. The Morgan fingerprint density at radius 3 is 2.52 bits per heavy atom. The number of nitrogens with zero attached hydrogens (tertiary/aromatic N) is 1. The molecule has 0 spiro atoms. The number of hydrogen-bond donors (Lipinski definition) is 2. The predicted molar refractivity (Wildman–Crippen MR) is 105 cm³/mol. The molecule has 142 valence electrons. The number of aliphatic hydroxyl groups is 1. The Hall–Kier alpha value is -2.18. The minimum absolute atomic E-state index is 0.257. The highest BCUT2D eigenvalue weighted by atomic mass is 32.2. The first kappa shape index (κ1) is 18.2. The summed E-state index contributed by atoms with van der Waals surface area (Å²) in [6, 6.07) is 12.4. The van der Waals surface area contributed by atoms with E-state index in [1.54, 1.807) is 30.5 Å². The van der Waals surface area contributed by atoms with E-state index < -0.39 is 15.4 Å². The minimum Gasteiger partial charge on any atom is -0.379 e. The second-order valence-electron chi connectivity index (χ2n) is 7.64. The molecule has 2 heterocycles. The molecule has 1 saturated carbocycles. The Labute approximate surface area is 159 Å². The minimum atomic E-state index is -3.27. The molecular weight excluding hydrogens is 360 g/mol. The van der Waals surface area contributed by atoms with E-state index in [0.717, 1.165) is 23.9 Å². The maximum Gasteiger partial charge on any atom is 0.175 e. The molecule has 2 N–H and O–H groups in total. The van der Waals surface area contributed by atoms with Gasteiger partial charge in [0.05, 0.1) is 10.6 Å². The highest BCUT2D eigenvalue weighted by molar-refractivity contribution is 7.90. The van der Waals surface area contributed by atoms with Gasteiger partial charge in [0.2, 0.25) is 0 Å². The molecular formula is C21H24N2O3S. The zero-order valence-electron chi connectivity index (χ0n) is 15.4. The van der Waals surface area contributed by atoms with Crippen molar-refractivity contribution in [2.75, 3.05) is 6.26 Å². The molecule has 1 aliphatic rings. The summed E-state index contributed by atoms with van der Waals surface area (Å²) in [5, 5.41) is 12.7. The van der Waals surface area contributed by atoms with Gasteiger partial charge >= 0.3 is 0 Å². The fourth-order valence-corrected chi connectivity index (χ4v) is 4.80. The van der Waals surface area contributed by atoms with E-state index in [1.165, 1.54) is 19.1 Å². The van der Waals surface area contributed by atoms with Crippen LogP contribution in [0.1, 0.15) is 43.4 Å². The Kier molecular flexibility index (Phi) is 4.56. The summed E-state index contributed by atoms with van der Waals surface area (Å²) in [5.74, 6) is 0.448. The summed E-state index contributed by atoms with van der Waals surface area (Å²) < 4.78 is 23.6. The number of fused-ring (bicyclic) bond motifs is 1. The summed E-state index contributed by atoms with van der Waals surface area (Å²) in [7, 11) is -3.27. The van der Waals surface area contributed by atoms with Gasteiger partial charge in [0.25, 0.3) is 0 Å². The van der Waals surface area contributed by atoms with Crippen molar-refractivity contribution < 1.29 is 13.5 Å². The van der Waals surface area contributed by atoms with E-state index in [2.05, 4.69) is 9.97 Å². The van der Waals surface area contributed by atoms with Gasteiger partial charge in [-0.15, -0.1) is 0 Å². The number of hydrogen-bond acceptors (Lipinski definition) is 4. The van der Waals surface area contributed by atoms with Crippen LogP contribution in [0.25, 0.3) is 11.0 Å². The van der Waals surface area contributed by atoms with Gasteiger partial charge in [0, 0.05) is 17.8 Å². The maximum atomic E-state index is 11.8. The van der Waals surface area contributed by atoms with Crippen molar-refractivity contribution in [2.45, 2.75) is 42.6 Å². The molecule has 27 heavy (non-hydrogen) atoms. The van der Waals surface area contributed by atoms with Crippen molar-refractivity contribution in [3.63, 3.8) is 0 Å². The standard InChI is InChI=1S/C21H24N2O3S/c1-27(25,26)18-10-8-17(9-11-18)21(24,14-15-5-2-3-6-15)19-13-16-7-4-12-22-20(16)23-19/h4,7-13,15,24H,2-3,5-6,14H2,1H3,(H,22,23). The number of rotatable bonds is 5. The Bertz CT molecular complexity index is 1020. The van der Waals surface area contributed by atoms with Crippen molar-refractivity contribution in [2.24, 2.45) is 5.92 Å². The van der Waals surface area contributed by atoms with Gasteiger partial charge in [-0.1, -0.05) is 37.8 Å². The van der Waals surface area contributed by atoms with Gasteiger partial charge in [-0.05, 0) is 48.2 Å². The van der Waals surface area contributed by atoms with Gasteiger partial charge in [-0.3, -0.25) is 0 Å². The summed E-state index contributed by atoms with van der Waals surface area (Å²) in [6.45, 7) is 0. The van der Waals surface area contributed by atoms with E-state index >= 15 is 0 Å². The number of pyridine rings is 1. The van der Waals surface area contributed by atoms with Gasteiger partial charge in [-0.2, -0.15) is 0 Å². The lowest BCUT2D eigenvalue weighted by atomic mass is 9.81. The van der Waals surface area contributed by atoms with Crippen LogP contribution in [0, 0.1) is 5.92 Å². The molecule has 1 aliphatic carbocycles. The molecule has 6 heteroatoms. The Balaban J connectivity index is 1.80. The highest BCUT2D eigenvalue weighted by Gasteiger charge is 2.37.